The topological polar surface area (TPSA) is 98.7 Å². The molecule has 0 aromatic heterocycles. The number of phenolic OH excluding ortho intramolecular Hbond substituents is 1. The van der Waals surface area contributed by atoms with Crippen molar-refractivity contribution in [2.24, 2.45) is 5.92 Å². The van der Waals surface area contributed by atoms with Crippen LogP contribution in [0.25, 0.3) is 0 Å². The van der Waals surface area contributed by atoms with Crippen LogP contribution in [0.15, 0.2) is 27.8 Å². The van der Waals surface area contributed by atoms with Gasteiger partial charge in [-0.05, 0) is 25.0 Å². The van der Waals surface area contributed by atoms with Gasteiger partial charge in [0, 0.05) is 20.1 Å². The minimum absolute atomic E-state index is 0.000833. The van der Waals surface area contributed by atoms with Crippen molar-refractivity contribution in [1.82, 2.24) is 4.90 Å². The fourth-order valence-corrected chi connectivity index (χ4v) is 2.24. The van der Waals surface area contributed by atoms with Crippen LogP contribution in [-0.4, -0.2) is 36.1 Å². The van der Waals surface area contributed by atoms with Gasteiger partial charge in [-0.25, -0.2) is 0 Å². The van der Waals surface area contributed by atoms with Crippen LogP contribution in [0.4, 0.5) is 17.1 Å². The molecule has 1 unspecified atom stereocenters. The smallest absolute Gasteiger partial charge is 0.257 e. The number of carbonyl (C=O) groups excluding carboxylic acids is 1. The first kappa shape index (κ1) is 18.5. The van der Waals surface area contributed by atoms with Crippen LogP contribution >= 0.6 is 0 Å². The first-order chi connectivity index (χ1) is 11.6. The molecule has 0 fully saturated rings. The molecule has 2 aromatic rings. The predicted molar refractivity (Wildman–Crippen MR) is 98.7 cm³/mol. The molecule has 7 heteroatoms. The lowest BCUT2D eigenvalue weighted by molar-refractivity contribution is 0.0824. The Morgan fingerprint density at radius 1 is 1.08 bits per heavy atom. The van der Waals surface area contributed by atoms with Crippen LogP contribution in [0, 0.1) is 5.92 Å². The lowest BCUT2D eigenvalue weighted by Crippen LogP contribution is -2.39. The third-order valence-corrected chi connectivity index (χ3v) is 4.21. The maximum atomic E-state index is 12.1. The Kier molecular flexibility index (Phi) is 5.15. The Bertz CT molecular complexity index is 864. The molecule has 7 nitrogen and oxygen atoms in total. The molecule has 2 rings (SSSR count). The molecular formula is C18H23N3O4. The maximum absolute atomic E-state index is 12.1. The number of rotatable bonds is 6. The van der Waals surface area contributed by atoms with E-state index in [0.717, 1.165) is 0 Å². The molecule has 2 aromatic carbocycles. The number of anilines is 3. The number of aromatic hydroxyl groups is 1. The van der Waals surface area contributed by atoms with E-state index in [1.165, 1.54) is 17.0 Å². The highest BCUT2D eigenvalue weighted by atomic mass is 16.3. The van der Waals surface area contributed by atoms with Crippen LogP contribution < -0.4 is 21.5 Å². The number of nitrogens with zero attached hydrogens (tertiary/aromatic N) is 1. The number of hydrogen-bond acceptors (Lipinski definition) is 6. The minimum Gasteiger partial charge on any atom is -0.505 e. The zero-order chi connectivity index (χ0) is 18.9. The van der Waals surface area contributed by atoms with Crippen molar-refractivity contribution in [3.05, 3.63) is 44.2 Å². The molecule has 0 bridgehead atoms. The summed E-state index contributed by atoms with van der Waals surface area (Å²) in [6, 6.07) is 4.62. The van der Waals surface area contributed by atoms with Gasteiger partial charge in [-0.2, -0.15) is 0 Å². The number of nitrogens with one attached hydrogen (secondary N) is 2. The zero-order valence-corrected chi connectivity index (χ0v) is 15.0. The molecule has 134 valence electrons. The highest BCUT2D eigenvalue weighted by Gasteiger charge is 2.25. The predicted octanol–water partition coefficient (Wildman–Crippen LogP) is 1.89. The second-order valence-corrected chi connectivity index (χ2v) is 6.61. The van der Waals surface area contributed by atoms with Crippen LogP contribution in [0.5, 0.6) is 5.75 Å². The van der Waals surface area contributed by atoms with Crippen LogP contribution in [0.1, 0.15) is 31.1 Å². The van der Waals surface area contributed by atoms with E-state index in [2.05, 4.69) is 10.6 Å². The van der Waals surface area contributed by atoms with Crippen molar-refractivity contribution >= 4 is 23.0 Å². The molecule has 0 radical (unpaired) electrons. The lowest BCUT2D eigenvalue weighted by atomic mass is 10.0. The summed E-state index contributed by atoms with van der Waals surface area (Å²) >= 11 is 0. The quantitative estimate of drug-likeness (QED) is 0.546. The normalized spacial score (nSPS) is 12.2. The van der Waals surface area contributed by atoms with E-state index in [0.29, 0.717) is 0 Å². The Balaban J connectivity index is 2.35. The number of benzene rings is 1. The Labute approximate surface area is 146 Å². The Morgan fingerprint density at radius 3 is 2.24 bits per heavy atom. The molecule has 0 aliphatic heterocycles. The number of carbonyl (C=O) groups is 1. The van der Waals surface area contributed by atoms with E-state index in [9.17, 15) is 19.5 Å². The van der Waals surface area contributed by atoms with Gasteiger partial charge in [0.25, 0.3) is 16.8 Å². The fraction of sp³-hybridized carbons (Fsp3) is 0.389. The average molecular weight is 345 g/mol. The minimum atomic E-state index is -0.651. The fourth-order valence-electron chi connectivity index (χ4n) is 2.24. The molecule has 0 heterocycles. The van der Waals surface area contributed by atoms with Crippen LogP contribution in [0.2, 0.25) is 0 Å². The van der Waals surface area contributed by atoms with Crippen molar-refractivity contribution in [3.8, 4) is 5.75 Å². The molecule has 1 amide bonds. The van der Waals surface area contributed by atoms with Gasteiger partial charge in [0.05, 0.1) is 11.3 Å². The monoisotopic (exact) mass is 345 g/mol. The summed E-state index contributed by atoms with van der Waals surface area (Å²) in [7, 11) is 3.15. The van der Waals surface area contributed by atoms with E-state index in [1.54, 1.807) is 20.2 Å². The second kappa shape index (κ2) is 6.96. The number of hydrogen-bond donors (Lipinski definition) is 3. The molecule has 0 aliphatic carbocycles. The molecule has 0 saturated carbocycles. The zero-order valence-electron chi connectivity index (χ0n) is 15.0. The summed E-state index contributed by atoms with van der Waals surface area (Å²) < 4.78 is 0. The van der Waals surface area contributed by atoms with Crippen molar-refractivity contribution < 1.29 is 9.90 Å². The van der Waals surface area contributed by atoms with Crippen molar-refractivity contribution in [3.63, 3.8) is 0 Å². The number of amides is 1. The molecule has 25 heavy (non-hydrogen) atoms. The molecular weight excluding hydrogens is 322 g/mol. The standard InChI is InChI=1S/C18H23N3O4/c1-9(2)10(3)19-13-14(17(24)16(13)23)20-12-8-6-7-11(15(12)22)18(25)21(4)5/h6-10,19-20,22H,1-5H3. The van der Waals surface area contributed by atoms with Crippen molar-refractivity contribution in [2.45, 2.75) is 26.8 Å². The summed E-state index contributed by atoms with van der Waals surface area (Å²) in [4.78, 5) is 37.2. The van der Waals surface area contributed by atoms with Crippen LogP contribution in [-0.2, 0) is 0 Å². The summed E-state index contributed by atoms with van der Waals surface area (Å²) in [6.07, 6.45) is 0. The summed E-state index contributed by atoms with van der Waals surface area (Å²) in [5.41, 5.74) is -0.631. The lowest BCUT2D eigenvalue weighted by Gasteiger charge is -2.22. The van der Waals surface area contributed by atoms with Gasteiger partial charge in [-0.15, -0.1) is 0 Å². The first-order valence-corrected chi connectivity index (χ1v) is 8.05. The third-order valence-electron chi connectivity index (χ3n) is 4.21. The van der Waals surface area contributed by atoms with Gasteiger partial charge in [0.15, 0.2) is 5.75 Å². The van der Waals surface area contributed by atoms with Gasteiger partial charge in [0.2, 0.25) is 0 Å². The molecule has 0 spiro atoms. The van der Waals surface area contributed by atoms with E-state index >= 15 is 0 Å². The van der Waals surface area contributed by atoms with Crippen molar-refractivity contribution in [2.75, 3.05) is 24.7 Å². The van der Waals surface area contributed by atoms with Gasteiger partial charge < -0.3 is 20.6 Å². The van der Waals surface area contributed by atoms with Crippen LogP contribution in [0.3, 0.4) is 0 Å². The second-order valence-electron chi connectivity index (χ2n) is 6.61. The van der Waals surface area contributed by atoms with Gasteiger partial charge in [-0.3, -0.25) is 14.4 Å². The SMILES string of the molecule is CC(C)C(C)Nc1c(Nc2cccc(C(=O)N(C)C)c2O)c(=O)c1=O. The summed E-state index contributed by atoms with van der Waals surface area (Å²) in [5, 5.41) is 16.1. The van der Waals surface area contributed by atoms with Gasteiger partial charge in [-0.1, -0.05) is 19.9 Å². The molecule has 3 N–H and O–H groups in total. The summed E-state index contributed by atoms with van der Waals surface area (Å²) in [6.45, 7) is 5.91. The largest absolute Gasteiger partial charge is 0.505 e. The molecule has 0 aliphatic rings. The summed E-state index contributed by atoms with van der Waals surface area (Å²) in [5.74, 6) is -0.360. The third kappa shape index (κ3) is 3.50. The first-order valence-electron chi connectivity index (χ1n) is 8.05. The molecule has 1 atom stereocenters. The van der Waals surface area contributed by atoms with Crippen molar-refractivity contribution in [1.29, 1.82) is 0 Å². The Hall–Kier alpha value is -2.83. The highest BCUT2D eigenvalue weighted by molar-refractivity contribution is 5.99. The molecule has 0 saturated heterocycles. The van der Waals surface area contributed by atoms with E-state index < -0.39 is 10.9 Å². The Morgan fingerprint density at radius 2 is 1.68 bits per heavy atom. The maximum Gasteiger partial charge on any atom is 0.257 e. The number of para-hydroxylation sites is 1. The number of phenols is 1. The van der Waals surface area contributed by atoms with Gasteiger partial charge in [0.1, 0.15) is 11.4 Å². The van der Waals surface area contributed by atoms with E-state index in [4.69, 9.17) is 0 Å². The average Bonchev–Trinajstić information content (AvgIpc) is 2.57. The highest BCUT2D eigenvalue weighted by Crippen LogP contribution is 2.32. The van der Waals surface area contributed by atoms with Gasteiger partial charge >= 0.3 is 0 Å². The van der Waals surface area contributed by atoms with E-state index in [1.807, 2.05) is 20.8 Å². The van der Waals surface area contributed by atoms with E-state index in [-0.39, 0.29) is 46.2 Å².